The van der Waals surface area contributed by atoms with E-state index in [0.29, 0.717) is 20.1 Å². The number of halogens is 5. The van der Waals surface area contributed by atoms with Crippen molar-refractivity contribution in [1.82, 2.24) is 29.9 Å². The number of fused-ring (bicyclic) bond motifs is 20. The van der Waals surface area contributed by atoms with E-state index in [9.17, 15) is 0 Å². The van der Waals surface area contributed by atoms with E-state index in [2.05, 4.69) is 146 Å². The lowest BCUT2D eigenvalue weighted by Gasteiger charge is -2.11. The average molecular weight is 1270 g/mol. The molecule has 0 saturated heterocycles. The third-order valence-electron chi connectivity index (χ3n) is 17.0. The molecule has 430 valence electrons. The number of hydrogen-bond donors (Lipinski definition) is 0. The zero-order valence-electron chi connectivity index (χ0n) is 48.1. The van der Waals surface area contributed by atoms with E-state index in [-0.39, 0.29) is 0 Å². The van der Waals surface area contributed by atoms with Crippen LogP contribution in [0.4, 0.5) is 0 Å². The van der Waals surface area contributed by atoms with Crippen LogP contribution < -0.4 is 0 Å². The molecule has 0 fully saturated rings. The van der Waals surface area contributed by atoms with Gasteiger partial charge in [0.2, 0.25) is 0 Å². The maximum Gasteiger partial charge on any atom is 0.0979 e. The fraction of sp³-hybridized carbons (Fsp3) is 0. The van der Waals surface area contributed by atoms with Crippen molar-refractivity contribution in [3.63, 3.8) is 0 Å². The second-order valence-corrected chi connectivity index (χ2v) is 24.4. The molecule has 0 N–H and O–H groups in total. The van der Waals surface area contributed by atoms with Gasteiger partial charge in [0.05, 0.1) is 68.8 Å². The van der Waals surface area contributed by atoms with Crippen LogP contribution in [0.2, 0.25) is 25.1 Å². The first-order valence-electron chi connectivity index (χ1n) is 29.5. The van der Waals surface area contributed by atoms with Crippen LogP contribution in [-0.2, 0) is 0 Å². The first kappa shape index (κ1) is 56.1. The van der Waals surface area contributed by atoms with Crippen LogP contribution in [0, 0.1) is 0 Å². The van der Waals surface area contributed by atoms with Gasteiger partial charge in [-0.1, -0.05) is 264 Å². The van der Waals surface area contributed by atoms with Crippen LogP contribution in [-0.4, -0.2) is 29.9 Å². The van der Waals surface area contributed by atoms with E-state index in [1.54, 1.807) is 6.07 Å². The molecule has 0 aliphatic carbocycles. The monoisotopic (exact) mass is 1260 g/mol. The highest BCUT2D eigenvalue weighted by atomic mass is 35.5. The van der Waals surface area contributed by atoms with Crippen molar-refractivity contribution >= 4 is 177 Å². The molecule has 3 heterocycles. The maximum atomic E-state index is 6.44. The van der Waals surface area contributed by atoms with Crippen molar-refractivity contribution in [2.45, 2.75) is 0 Å². The molecule has 0 radical (unpaired) electrons. The quantitative estimate of drug-likeness (QED) is 0.163. The summed E-state index contributed by atoms with van der Waals surface area (Å²) in [5.74, 6) is 0. The van der Waals surface area contributed by atoms with E-state index < -0.39 is 0 Å². The average Bonchev–Trinajstić information content (AvgIpc) is 0.852. The van der Waals surface area contributed by atoms with Crippen molar-refractivity contribution in [3.8, 4) is 44.9 Å². The van der Waals surface area contributed by atoms with Crippen LogP contribution >= 0.6 is 58.0 Å². The smallest absolute Gasteiger partial charge is 0.0979 e. The van der Waals surface area contributed by atoms with E-state index in [4.69, 9.17) is 87.9 Å². The van der Waals surface area contributed by atoms with Gasteiger partial charge in [0.25, 0.3) is 0 Å². The molecule has 18 rings (SSSR count). The molecule has 0 amide bonds. The molecule has 0 spiro atoms. The number of hydrogen-bond acceptors (Lipinski definition) is 6. The summed E-state index contributed by atoms with van der Waals surface area (Å²) in [7, 11) is 0. The molecule has 11 heteroatoms. The summed E-state index contributed by atoms with van der Waals surface area (Å²) in [5.41, 5.74) is 13.3. The first-order valence-corrected chi connectivity index (χ1v) is 31.4. The van der Waals surface area contributed by atoms with Gasteiger partial charge in [0.15, 0.2) is 0 Å². The molecule has 0 saturated carbocycles. The zero-order valence-corrected chi connectivity index (χ0v) is 51.8. The summed E-state index contributed by atoms with van der Waals surface area (Å²) in [4.78, 5) is 29.7. The summed E-state index contributed by atoms with van der Waals surface area (Å²) in [5, 5.41) is 21.0. The van der Waals surface area contributed by atoms with Gasteiger partial charge in [-0.2, -0.15) is 0 Å². The highest BCUT2D eigenvalue weighted by molar-refractivity contribution is 6.41. The second kappa shape index (κ2) is 23.3. The molecule has 0 aliphatic rings. The first-order chi connectivity index (χ1) is 44.7. The third kappa shape index (κ3) is 10.2. The van der Waals surface area contributed by atoms with Gasteiger partial charge in [-0.25, -0.2) is 15.0 Å². The van der Waals surface area contributed by atoms with Crippen molar-refractivity contribution in [3.05, 3.63) is 298 Å². The van der Waals surface area contributed by atoms with Crippen LogP contribution in [0.1, 0.15) is 0 Å². The van der Waals surface area contributed by atoms with E-state index in [1.807, 2.05) is 122 Å². The fourth-order valence-corrected chi connectivity index (χ4v) is 13.8. The Hall–Kier alpha value is -10.2. The predicted molar refractivity (Wildman–Crippen MR) is 385 cm³/mol. The number of nitrogens with zero attached hydrogens (tertiary/aromatic N) is 6. The SMILES string of the molecule is Clc1cc(Cl)c2cc(-c3cnc4c5ccccc5c5ccccc5c4n3)ccc2c1.Clc1ccc(-c2ccc(-c3cnc4c5ccccc5c5ccccc5c4n3)cc2)cc1.Clc1ccc(Cl)c2cc(-c3cnc4c5ccccc5c5ccccc5c4n3)ccc12. The van der Waals surface area contributed by atoms with E-state index in [1.165, 1.54) is 32.3 Å². The Bertz CT molecular complexity index is 5880. The van der Waals surface area contributed by atoms with E-state index >= 15 is 0 Å². The minimum atomic E-state index is 0.629. The topological polar surface area (TPSA) is 77.3 Å². The van der Waals surface area contributed by atoms with Crippen molar-refractivity contribution in [1.29, 1.82) is 0 Å². The number of benzene rings is 15. The molecular formula is C80H45Cl5N6. The van der Waals surface area contributed by atoms with Gasteiger partial charge in [0.1, 0.15) is 0 Å². The van der Waals surface area contributed by atoms with Crippen LogP contribution in [0.25, 0.3) is 164 Å². The second-order valence-electron chi connectivity index (χ2n) is 22.3. The zero-order chi connectivity index (χ0) is 61.3. The predicted octanol–water partition coefficient (Wildman–Crippen LogP) is 24.1. The van der Waals surface area contributed by atoms with Crippen molar-refractivity contribution in [2.24, 2.45) is 0 Å². The highest BCUT2D eigenvalue weighted by Gasteiger charge is 2.17. The molecular weight excluding hydrogens is 1220 g/mol. The molecule has 3 aromatic heterocycles. The van der Waals surface area contributed by atoms with Crippen LogP contribution in [0.5, 0.6) is 0 Å². The van der Waals surface area contributed by atoms with Gasteiger partial charge >= 0.3 is 0 Å². The van der Waals surface area contributed by atoms with Gasteiger partial charge in [-0.3, -0.25) is 15.0 Å². The lowest BCUT2D eigenvalue weighted by atomic mass is 9.99. The van der Waals surface area contributed by atoms with Gasteiger partial charge in [0, 0.05) is 90.3 Å². The minimum absolute atomic E-state index is 0.629. The lowest BCUT2D eigenvalue weighted by Crippen LogP contribution is -1.92. The fourth-order valence-electron chi connectivity index (χ4n) is 12.6. The summed E-state index contributed by atoms with van der Waals surface area (Å²) < 4.78 is 0. The summed E-state index contributed by atoms with van der Waals surface area (Å²) in [6, 6.07) is 86.1. The standard InChI is InChI=1S/C28H17ClN2.2C26H14Cl2N2/c29-21-15-13-19(14-16-21)18-9-11-20(12-10-18)26-17-30-27-24-7-3-1-5-22(24)23-6-2-4-8-25(23)28(27)31-26;27-17-11-15-9-10-16(12-22(15)23(28)13-17)24-14-29-25-20-7-3-1-5-18(20)19-6-2-4-8-21(19)26(25)30-24;27-22-11-12-23(28)21-13-15(9-10-18(21)22)24-14-29-25-19-7-3-1-5-16(19)17-6-2-4-8-20(17)26(25)30-24/h1-17H;2*1-14H. The highest BCUT2D eigenvalue weighted by Crippen LogP contribution is 2.40. The van der Waals surface area contributed by atoms with Gasteiger partial charge in [-0.05, 0) is 97.4 Å². The van der Waals surface area contributed by atoms with Crippen LogP contribution in [0.15, 0.2) is 273 Å². The Balaban J connectivity index is 0.000000109. The minimum Gasteiger partial charge on any atom is -0.252 e. The maximum absolute atomic E-state index is 6.44. The Morgan fingerprint density at radius 1 is 0.198 bits per heavy atom. The molecule has 15 aromatic carbocycles. The lowest BCUT2D eigenvalue weighted by molar-refractivity contribution is 1.31. The third-order valence-corrected chi connectivity index (χ3v) is 18.5. The van der Waals surface area contributed by atoms with Crippen molar-refractivity contribution in [2.75, 3.05) is 0 Å². The molecule has 0 bridgehead atoms. The molecule has 91 heavy (non-hydrogen) atoms. The summed E-state index contributed by atoms with van der Waals surface area (Å²) in [6.45, 7) is 0. The molecule has 0 aliphatic heterocycles. The molecule has 6 nitrogen and oxygen atoms in total. The normalized spacial score (nSPS) is 11.6. The van der Waals surface area contributed by atoms with E-state index in [0.717, 1.165) is 137 Å². The molecule has 0 atom stereocenters. The molecule has 18 aromatic rings. The largest absolute Gasteiger partial charge is 0.252 e. The Labute approximate surface area is 546 Å². The Kier molecular flexibility index (Phi) is 14.4. The number of aromatic nitrogens is 6. The molecule has 0 unspecified atom stereocenters. The van der Waals surface area contributed by atoms with Gasteiger partial charge in [-0.15, -0.1) is 0 Å². The summed E-state index contributed by atoms with van der Waals surface area (Å²) >= 11 is 31.4. The Morgan fingerprint density at radius 2 is 0.516 bits per heavy atom. The van der Waals surface area contributed by atoms with Crippen molar-refractivity contribution < 1.29 is 0 Å². The number of rotatable bonds is 4. The summed E-state index contributed by atoms with van der Waals surface area (Å²) in [6.07, 6.45) is 5.55. The Morgan fingerprint density at radius 3 is 0.934 bits per heavy atom. The van der Waals surface area contributed by atoms with Gasteiger partial charge < -0.3 is 0 Å². The van der Waals surface area contributed by atoms with Crippen LogP contribution in [0.3, 0.4) is 0 Å².